The van der Waals surface area contributed by atoms with Crippen molar-refractivity contribution in [2.24, 2.45) is 21.6 Å². The third kappa shape index (κ3) is 2.31. The maximum atomic E-state index is 6.12. The Hall–Kier alpha value is -2.40. The maximum Gasteiger partial charge on any atom is 0.283 e. The van der Waals surface area contributed by atoms with E-state index in [1.54, 1.807) is 0 Å². The fourth-order valence-electron chi connectivity index (χ4n) is 6.59. The molecule has 1 aromatic carbocycles. The van der Waals surface area contributed by atoms with Crippen LogP contribution in [0.25, 0.3) is 11.1 Å². The Labute approximate surface area is 171 Å². The van der Waals surface area contributed by atoms with Gasteiger partial charge in [0.15, 0.2) is 0 Å². The second-order valence-electron chi connectivity index (χ2n) is 9.47. The largest absolute Gasteiger partial charge is 0.462 e. The summed E-state index contributed by atoms with van der Waals surface area (Å²) in [6, 6.07) is 11.3. The predicted molar refractivity (Wildman–Crippen MR) is 111 cm³/mol. The molecule has 0 amide bonds. The molecule has 2 heterocycles. The molecule has 0 saturated heterocycles. The number of amidine groups is 1. The van der Waals surface area contributed by atoms with Gasteiger partial charge in [-0.2, -0.15) is 0 Å². The van der Waals surface area contributed by atoms with Gasteiger partial charge in [-0.3, -0.25) is 4.98 Å². The summed E-state index contributed by atoms with van der Waals surface area (Å²) in [5, 5.41) is 0. The van der Waals surface area contributed by atoms with Gasteiger partial charge in [0.25, 0.3) is 6.02 Å². The molecule has 0 radical (unpaired) electrons. The summed E-state index contributed by atoms with van der Waals surface area (Å²) in [7, 11) is 1.87. The number of nitrogens with zero attached hydrogens (tertiary/aromatic N) is 2. The van der Waals surface area contributed by atoms with Crippen molar-refractivity contribution in [3.63, 3.8) is 0 Å². The number of rotatable bonds is 2. The zero-order valence-electron chi connectivity index (χ0n) is 16.9. The van der Waals surface area contributed by atoms with Crippen molar-refractivity contribution in [1.82, 2.24) is 4.98 Å². The number of hydrogen-bond acceptors (Lipinski definition) is 5. The smallest absolute Gasteiger partial charge is 0.283 e. The number of benzene rings is 1. The van der Waals surface area contributed by atoms with E-state index >= 15 is 0 Å². The monoisotopic (exact) mass is 389 g/mol. The van der Waals surface area contributed by atoms with E-state index in [1.165, 1.54) is 29.5 Å². The molecule has 2 fully saturated rings. The highest BCUT2D eigenvalue weighted by atomic mass is 16.5. The summed E-state index contributed by atoms with van der Waals surface area (Å²) < 4.78 is 11.7. The molecule has 2 N–H and O–H groups in total. The highest BCUT2D eigenvalue weighted by Gasteiger charge is 2.67. The van der Waals surface area contributed by atoms with Crippen LogP contribution in [0.5, 0.6) is 0 Å². The highest BCUT2D eigenvalue weighted by molar-refractivity contribution is 5.76. The zero-order chi connectivity index (χ0) is 19.7. The summed E-state index contributed by atoms with van der Waals surface area (Å²) >= 11 is 0. The number of aromatic nitrogens is 1. The molecule has 150 valence electrons. The molecule has 2 aromatic rings. The number of ether oxygens (including phenoxy) is 2. The van der Waals surface area contributed by atoms with Gasteiger partial charge in [-0.1, -0.05) is 18.2 Å². The fraction of sp³-hybridized carbons (Fsp3) is 0.500. The summed E-state index contributed by atoms with van der Waals surface area (Å²) in [6.07, 6.45) is 11.0. The Morgan fingerprint density at radius 1 is 1.17 bits per heavy atom. The SMILES string of the molecule is CO[C@H]1CC[C@@]2(Cc3ccc(-c4cccnc4)cc3C23COC(N)=N3)CC12CC2. The van der Waals surface area contributed by atoms with E-state index in [1.807, 2.05) is 25.6 Å². The van der Waals surface area contributed by atoms with Gasteiger partial charge < -0.3 is 15.2 Å². The summed E-state index contributed by atoms with van der Waals surface area (Å²) in [6.45, 7) is 0.552. The van der Waals surface area contributed by atoms with Crippen LogP contribution in [0.15, 0.2) is 47.7 Å². The zero-order valence-corrected chi connectivity index (χ0v) is 16.9. The second-order valence-corrected chi connectivity index (χ2v) is 9.47. The molecule has 1 aliphatic heterocycles. The second kappa shape index (κ2) is 5.82. The molecule has 29 heavy (non-hydrogen) atoms. The number of aliphatic imine (C=N–C) groups is 1. The summed E-state index contributed by atoms with van der Waals surface area (Å²) in [4.78, 5) is 9.33. The van der Waals surface area contributed by atoms with E-state index in [0.717, 1.165) is 31.2 Å². The molecular weight excluding hydrogens is 362 g/mol. The van der Waals surface area contributed by atoms with Crippen LogP contribution >= 0.6 is 0 Å². The highest BCUT2D eigenvalue weighted by Crippen LogP contribution is 2.70. The van der Waals surface area contributed by atoms with Crippen LogP contribution in [0.1, 0.15) is 43.2 Å². The van der Waals surface area contributed by atoms with Gasteiger partial charge >= 0.3 is 0 Å². The minimum absolute atomic E-state index is 0.0650. The Kier molecular flexibility index (Phi) is 3.50. The summed E-state index contributed by atoms with van der Waals surface area (Å²) in [5.41, 5.74) is 11.1. The quantitative estimate of drug-likeness (QED) is 0.848. The van der Waals surface area contributed by atoms with Crippen molar-refractivity contribution in [3.05, 3.63) is 53.9 Å². The molecule has 5 nitrogen and oxygen atoms in total. The molecule has 5 heteroatoms. The van der Waals surface area contributed by atoms with Gasteiger partial charge in [0.2, 0.25) is 0 Å². The van der Waals surface area contributed by atoms with Crippen LogP contribution in [0, 0.1) is 10.8 Å². The standard InChI is InChI=1S/C24H27N3O2/c1-28-20-6-7-23(14-22(20)8-9-22)12-17-5-4-16(18-3-2-10-26-13-18)11-19(17)24(23)15-29-21(25)27-24/h2-5,10-11,13,20H,6-9,12,14-15H2,1H3,(H2,25,27)/t20-,23+,24?/m0/s1. The minimum atomic E-state index is -0.376. The first kappa shape index (κ1) is 17.5. The van der Waals surface area contributed by atoms with E-state index < -0.39 is 0 Å². The van der Waals surface area contributed by atoms with Gasteiger partial charge in [0.1, 0.15) is 12.1 Å². The van der Waals surface area contributed by atoms with Crippen LogP contribution in [0.3, 0.4) is 0 Å². The first-order valence-electron chi connectivity index (χ1n) is 10.6. The summed E-state index contributed by atoms with van der Waals surface area (Å²) in [5.74, 6) is 0. The first-order chi connectivity index (χ1) is 14.1. The average Bonchev–Trinajstić information content (AvgIpc) is 3.30. The number of pyridine rings is 1. The van der Waals surface area contributed by atoms with Gasteiger partial charge in [0, 0.05) is 24.9 Å². The third-order valence-corrected chi connectivity index (χ3v) is 8.12. The van der Waals surface area contributed by atoms with E-state index in [-0.39, 0.29) is 11.0 Å². The van der Waals surface area contributed by atoms with E-state index in [0.29, 0.717) is 24.1 Å². The van der Waals surface area contributed by atoms with E-state index in [9.17, 15) is 0 Å². The minimum Gasteiger partial charge on any atom is -0.462 e. The van der Waals surface area contributed by atoms with Crippen molar-refractivity contribution in [2.45, 2.75) is 50.2 Å². The predicted octanol–water partition coefficient (Wildman–Crippen LogP) is 3.81. The average molecular weight is 389 g/mol. The molecule has 6 rings (SSSR count). The van der Waals surface area contributed by atoms with Gasteiger partial charge in [-0.05, 0) is 78.3 Å². The number of nitrogens with two attached hydrogens (primary N) is 1. The normalized spacial score (nSPS) is 33.7. The topological polar surface area (TPSA) is 69.7 Å². The van der Waals surface area contributed by atoms with Crippen molar-refractivity contribution in [2.75, 3.05) is 13.7 Å². The Balaban J connectivity index is 1.48. The van der Waals surface area contributed by atoms with Crippen molar-refractivity contribution in [1.29, 1.82) is 0 Å². The van der Waals surface area contributed by atoms with Crippen LogP contribution in [-0.4, -0.2) is 30.8 Å². The first-order valence-corrected chi connectivity index (χ1v) is 10.6. The lowest BCUT2D eigenvalue weighted by Gasteiger charge is -2.49. The van der Waals surface area contributed by atoms with E-state index in [2.05, 4.69) is 29.2 Å². The fourth-order valence-corrected chi connectivity index (χ4v) is 6.59. The van der Waals surface area contributed by atoms with Gasteiger partial charge in [-0.25, -0.2) is 4.99 Å². The lowest BCUT2D eigenvalue weighted by atomic mass is 9.58. The van der Waals surface area contributed by atoms with Gasteiger partial charge in [-0.15, -0.1) is 0 Å². The Morgan fingerprint density at radius 2 is 2.07 bits per heavy atom. The Morgan fingerprint density at radius 3 is 2.76 bits per heavy atom. The van der Waals surface area contributed by atoms with Crippen LogP contribution in [-0.2, 0) is 21.4 Å². The van der Waals surface area contributed by atoms with Crippen molar-refractivity contribution >= 4 is 6.02 Å². The third-order valence-electron chi connectivity index (χ3n) is 8.12. The molecule has 3 atom stereocenters. The molecule has 3 aliphatic carbocycles. The molecule has 0 bridgehead atoms. The number of fused-ring (bicyclic) bond motifs is 3. The molecule has 1 unspecified atom stereocenters. The Bertz CT molecular complexity index is 1000. The molecule has 1 aromatic heterocycles. The molecule has 2 saturated carbocycles. The van der Waals surface area contributed by atoms with E-state index in [4.69, 9.17) is 20.2 Å². The van der Waals surface area contributed by atoms with Crippen molar-refractivity contribution < 1.29 is 9.47 Å². The van der Waals surface area contributed by atoms with Crippen LogP contribution < -0.4 is 5.73 Å². The number of methoxy groups -OCH3 is 1. The molecular formula is C24H27N3O2. The lowest BCUT2D eigenvalue weighted by Crippen LogP contribution is -2.50. The van der Waals surface area contributed by atoms with Crippen LogP contribution in [0.4, 0.5) is 0 Å². The van der Waals surface area contributed by atoms with Crippen molar-refractivity contribution in [3.8, 4) is 11.1 Å². The van der Waals surface area contributed by atoms with Gasteiger partial charge in [0.05, 0.1) is 6.10 Å². The molecule has 3 spiro atoms. The maximum absolute atomic E-state index is 6.12. The van der Waals surface area contributed by atoms with Crippen LogP contribution in [0.2, 0.25) is 0 Å². The molecule has 4 aliphatic rings. The number of hydrogen-bond donors (Lipinski definition) is 1. The lowest BCUT2D eigenvalue weighted by molar-refractivity contribution is -0.0621.